The largest absolute Gasteiger partial charge is 0.489 e. The van der Waals surface area contributed by atoms with E-state index in [1.807, 2.05) is 48.5 Å². The quantitative estimate of drug-likeness (QED) is 0.254. The maximum absolute atomic E-state index is 13.4. The fraction of sp³-hybridized carbons (Fsp3) is 0.259. The summed E-state index contributed by atoms with van der Waals surface area (Å²) in [5.74, 6) is 0.635. The number of hydrogen-bond acceptors (Lipinski definition) is 4. The lowest BCUT2D eigenvalue weighted by Gasteiger charge is -2.12. The lowest BCUT2D eigenvalue weighted by Crippen LogP contribution is -2.14. The van der Waals surface area contributed by atoms with Crippen LogP contribution in [0.2, 0.25) is 0 Å². The third kappa shape index (κ3) is 6.01. The summed E-state index contributed by atoms with van der Waals surface area (Å²) < 4.78 is 6.73. The van der Waals surface area contributed by atoms with Crippen molar-refractivity contribution in [2.75, 3.05) is 11.9 Å². The van der Waals surface area contributed by atoms with Gasteiger partial charge in [-0.15, -0.1) is 11.3 Å². The van der Waals surface area contributed by atoms with Crippen molar-refractivity contribution in [1.29, 1.82) is 0 Å². The number of nitrogens with one attached hydrogen (secondary N) is 1. The maximum atomic E-state index is 13.4. The topological polar surface area (TPSA) is 50.7 Å². The Balaban J connectivity index is 1.72. The van der Waals surface area contributed by atoms with Crippen LogP contribution in [0.25, 0.3) is 0 Å². The molecule has 1 N–H and O–H groups in total. The summed E-state index contributed by atoms with van der Waals surface area (Å²) in [6.45, 7) is 4.14. The highest BCUT2D eigenvalue weighted by molar-refractivity contribution is 9.10. The van der Waals surface area contributed by atoms with Gasteiger partial charge in [-0.1, -0.05) is 59.6 Å². The minimum Gasteiger partial charge on any atom is -0.489 e. The molecule has 6 heteroatoms. The number of aliphatic imine (C=N–C) groups is 1. The van der Waals surface area contributed by atoms with Gasteiger partial charge in [0.05, 0.1) is 5.56 Å². The monoisotopic (exact) mass is 522 g/mol. The zero-order valence-electron chi connectivity index (χ0n) is 18.5. The number of benzene rings is 2. The molecule has 33 heavy (non-hydrogen) atoms. The molecule has 1 aromatic heterocycles. The van der Waals surface area contributed by atoms with Crippen LogP contribution in [0.5, 0.6) is 5.75 Å². The van der Waals surface area contributed by atoms with Gasteiger partial charge in [-0.2, -0.15) is 0 Å². The summed E-state index contributed by atoms with van der Waals surface area (Å²) >= 11 is 5.17. The zero-order valence-corrected chi connectivity index (χ0v) is 20.9. The van der Waals surface area contributed by atoms with Crippen molar-refractivity contribution in [1.82, 2.24) is 0 Å². The normalized spacial score (nSPS) is 13.7. The number of ether oxygens (including phenoxy) is 1. The summed E-state index contributed by atoms with van der Waals surface area (Å²) in [7, 11) is 0. The number of halogens is 1. The molecule has 0 radical (unpaired) electrons. The number of amides is 1. The molecule has 4 rings (SSSR count). The first kappa shape index (κ1) is 23.5. The average Bonchev–Trinajstić information content (AvgIpc) is 3.14. The van der Waals surface area contributed by atoms with Crippen LogP contribution in [0.4, 0.5) is 10.7 Å². The van der Waals surface area contributed by atoms with Gasteiger partial charge in [0.2, 0.25) is 0 Å². The van der Waals surface area contributed by atoms with Gasteiger partial charge in [0.15, 0.2) is 0 Å². The van der Waals surface area contributed by atoms with Crippen LogP contribution in [-0.4, -0.2) is 18.7 Å². The number of thiophene rings is 1. The number of aryl methyl sites for hydroxylation is 1. The van der Waals surface area contributed by atoms with E-state index in [0.29, 0.717) is 12.2 Å². The highest BCUT2D eigenvalue weighted by Gasteiger charge is 2.24. The molecule has 2 aromatic carbocycles. The van der Waals surface area contributed by atoms with E-state index in [4.69, 9.17) is 9.73 Å². The highest BCUT2D eigenvalue weighted by Crippen LogP contribution is 2.39. The van der Waals surface area contributed by atoms with E-state index >= 15 is 0 Å². The second-order valence-corrected chi connectivity index (χ2v) is 9.96. The number of hydrogen-bond donors (Lipinski definition) is 1. The predicted molar refractivity (Wildman–Crippen MR) is 142 cm³/mol. The van der Waals surface area contributed by atoms with Gasteiger partial charge in [-0.3, -0.25) is 4.79 Å². The number of rotatable bonds is 7. The fourth-order valence-electron chi connectivity index (χ4n) is 3.97. The van der Waals surface area contributed by atoms with Gasteiger partial charge >= 0.3 is 0 Å². The first-order chi connectivity index (χ1) is 16.2. The van der Waals surface area contributed by atoms with E-state index in [1.165, 1.54) is 17.7 Å². The van der Waals surface area contributed by atoms with Gasteiger partial charge in [-0.05, 0) is 61.6 Å². The Morgan fingerprint density at radius 1 is 1.12 bits per heavy atom. The smallest absolute Gasteiger partial charge is 0.259 e. The van der Waals surface area contributed by atoms with Crippen LogP contribution >= 0.6 is 27.3 Å². The minimum atomic E-state index is -0.0937. The number of carbonyl (C=O) groups is 1. The molecule has 0 saturated heterocycles. The molecule has 0 spiro atoms. The molecule has 1 heterocycles. The molecule has 1 aliphatic rings. The van der Waals surface area contributed by atoms with E-state index in [-0.39, 0.29) is 5.91 Å². The maximum Gasteiger partial charge on any atom is 0.259 e. The van der Waals surface area contributed by atoms with Crippen LogP contribution in [0.1, 0.15) is 52.0 Å². The van der Waals surface area contributed by atoms with E-state index < -0.39 is 0 Å². The number of fused-ring (bicyclic) bond motifs is 1. The van der Waals surface area contributed by atoms with Crippen LogP contribution in [-0.2, 0) is 12.8 Å². The Bertz CT molecular complexity index is 1150. The molecule has 0 unspecified atom stereocenters. The molecule has 170 valence electrons. The second-order valence-electron chi connectivity index (χ2n) is 7.96. The van der Waals surface area contributed by atoms with Crippen molar-refractivity contribution in [2.45, 2.75) is 38.5 Å². The van der Waals surface area contributed by atoms with Crippen LogP contribution in [0.15, 0.2) is 70.7 Å². The van der Waals surface area contributed by atoms with Crippen LogP contribution in [0, 0.1) is 0 Å². The van der Waals surface area contributed by atoms with Gasteiger partial charge in [-0.25, -0.2) is 4.99 Å². The summed E-state index contributed by atoms with van der Waals surface area (Å²) in [5, 5.41) is 3.82. The van der Waals surface area contributed by atoms with Crippen molar-refractivity contribution in [3.63, 3.8) is 0 Å². The van der Waals surface area contributed by atoms with E-state index in [1.54, 1.807) is 23.6 Å². The third-order valence-electron chi connectivity index (χ3n) is 5.56. The van der Waals surface area contributed by atoms with Crippen molar-refractivity contribution in [3.05, 3.63) is 87.2 Å². The van der Waals surface area contributed by atoms with E-state index in [2.05, 4.69) is 27.8 Å². The molecule has 0 atom stereocenters. The lowest BCUT2D eigenvalue weighted by atomic mass is 9.96. The first-order valence-corrected chi connectivity index (χ1v) is 12.8. The highest BCUT2D eigenvalue weighted by atomic mass is 79.9. The standard InChI is InChI=1S/C27H27BrN2O2S/c1-2-16-32-23-15-14-20(28)17-19(23)18-29-27-25(26(31)30-21-10-6-5-7-11-21)22-12-8-3-4-9-13-24(22)33-27/h2,5-7,10-11,14-15,17-18H,1,3-4,8-9,12-13,16H2,(H,30,31). The van der Waals surface area contributed by atoms with Crippen LogP contribution in [0.3, 0.4) is 0 Å². The molecule has 1 amide bonds. The minimum absolute atomic E-state index is 0.0937. The molecule has 0 saturated carbocycles. The molecule has 0 aliphatic heterocycles. The molecular formula is C27H27BrN2O2S. The molecule has 0 bridgehead atoms. The van der Waals surface area contributed by atoms with Crippen molar-refractivity contribution in [3.8, 4) is 5.75 Å². The summed E-state index contributed by atoms with van der Waals surface area (Å²) in [5.41, 5.74) is 3.51. The SMILES string of the molecule is C=CCOc1ccc(Br)cc1C=Nc1sc2c(c1C(=O)Nc1ccccc1)CCCCCC2. The van der Waals surface area contributed by atoms with Crippen molar-refractivity contribution in [2.24, 2.45) is 4.99 Å². The second kappa shape index (κ2) is 11.4. The molecule has 4 nitrogen and oxygen atoms in total. The Labute approximate surface area is 207 Å². The Morgan fingerprint density at radius 2 is 1.91 bits per heavy atom. The number of nitrogens with zero attached hydrogens (tertiary/aromatic N) is 1. The molecule has 0 fully saturated rings. The average molecular weight is 523 g/mol. The molecule has 1 aliphatic carbocycles. The number of para-hydroxylation sites is 1. The summed E-state index contributed by atoms with van der Waals surface area (Å²) in [6.07, 6.45) is 10.1. The fourth-order valence-corrected chi connectivity index (χ4v) is 5.58. The van der Waals surface area contributed by atoms with E-state index in [0.717, 1.165) is 57.7 Å². The lowest BCUT2D eigenvalue weighted by molar-refractivity contribution is 0.102. The van der Waals surface area contributed by atoms with E-state index in [9.17, 15) is 4.79 Å². The Hall–Kier alpha value is -2.70. The predicted octanol–water partition coefficient (Wildman–Crippen LogP) is 7.74. The van der Waals surface area contributed by atoms with Gasteiger partial charge in [0, 0.05) is 26.8 Å². The molecule has 3 aromatic rings. The van der Waals surface area contributed by atoms with Crippen molar-refractivity contribution < 1.29 is 9.53 Å². The number of carbonyl (C=O) groups excluding carboxylic acids is 1. The van der Waals surface area contributed by atoms with Crippen LogP contribution < -0.4 is 10.1 Å². The zero-order chi connectivity index (χ0) is 23.0. The van der Waals surface area contributed by atoms with Gasteiger partial charge in [0.1, 0.15) is 17.4 Å². The Kier molecular flexibility index (Phi) is 8.13. The van der Waals surface area contributed by atoms with Crippen molar-refractivity contribution >= 4 is 50.1 Å². The summed E-state index contributed by atoms with van der Waals surface area (Å²) in [4.78, 5) is 19.5. The van der Waals surface area contributed by atoms with Gasteiger partial charge < -0.3 is 10.1 Å². The first-order valence-electron chi connectivity index (χ1n) is 11.2. The Morgan fingerprint density at radius 3 is 2.70 bits per heavy atom. The third-order valence-corrected chi connectivity index (χ3v) is 7.25. The number of anilines is 1. The summed E-state index contributed by atoms with van der Waals surface area (Å²) in [6, 6.07) is 15.4. The van der Waals surface area contributed by atoms with Gasteiger partial charge in [0.25, 0.3) is 5.91 Å². The molecular weight excluding hydrogens is 496 g/mol.